The molecular weight excluding hydrogens is 302 g/mol. The van der Waals surface area contributed by atoms with Gasteiger partial charge in [-0.05, 0) is 24.6 Å². The molecular formula is C16H15NO6. The third kappa shape index (κ3) is 3.76. The Balaban J connectivity index is 2.16. The first-order valence-electron chi connectivity index (χ1n) is 6.74. The lowest BCUT2D eigenvalue weighted by Gasteiger charge is -2.14. The number of carbonyl (C=O) groups excluding carboxylic acids is 1. The summed E-state index contributed by atoms with van der Waals surface area (Å²) >= 11 is 0. The van der Waals surface area contributed by atoms with Crippen LogP contribution in [0.25, 0.3) is 0 Å². The minimum Gasteiger partial charge on any atom is -0.507 e. The average molecular weight is 317 g/mol. The van der Waals surface area contributed by atoms with Crippen molar-refractivity contribution in [1.82, 2.24) is 0 Å². The smallest absolute Gasteiger partial charge is 0.342 e. The van der Waals surface area contributed by atoms with E-state index < -0.39 is 17.0 Å². The second kappa shape index (κ2) is 6.78. The number of nitrogens with zero attached hydrogens (tertiary/aromatic N) is 1. The summed E-state index contributed by atoms with van der Waals surface area (Å²) in [7, 11) is 1.44. The molecule has 0 aliphatic carbocycles. The first-order valence-corrected chi connectivity index (χ1v) is 6.74. The van der Waals surface area contributed by atoms with Crippen LogP contribution in [0, 0.1) is 10.1 Å². The predicted octanol–water partition coefficient (Wildman–Crippen LogP) is 3.23. The van der Waals surface area contributed by atoms with E-state index in [-0.39, 0.29) is 17.0 Å². The number of esters is 1. The fraction of sp³-hybridized carbons (Fsp3) is 0.188. The molecule has 0 bridgehead atoms. The van der Waals surface area contributed by atoms with Gasteiger partial charge in [-0.3, -0.25) is 10.1 Å². The van der Waals surface area contributed by atoms with Crippen molar-refractivity contribution in [1.29, 1.82) is 0 Å². The second-order valence-corrected chi connectivity index (χ2v) is 4.78. The van der Waals surface area contributed by atoms with Gasteiger partial charge >= 0.3 is 5.97 Å². The zero-order valence-electron chi connectivity index (χ0n) is 12.6. The van der Waals surface area contributed by atoms with Crippen molar-refractivity contribution in [3.63, 3.8) is 0 Å². The maximum atomic E-state index is 12.1. The maximum Gasteiger partial charge on any atom is 0.342 e. The van der Waals surface area contributed by atoms with Gasteiger partial charge in [-0.1, -0.05) is 12.1 Å². The van der Waals surface area contributed by atoms with Crippen molar-refractivity contribution < 1.29 is 24.3 Å². The van der Waals surface area contributed by atoms with Crippen molar-refractivity contribution >= 4 is 11.7 Å². The molecule has 2 aromatic carbocycles. The van der Waals surface area contributed by atoms with Crippen molar-refractivity contribution in [2.24, 2.45) is 0 Å². The largest absolute Gasteiger partial charge is 0.507 e. The lowest BCUT2D eigenvalue weighted by atomic mass is 10.1. The van der Waals surface area contributed by atoms with Gasteiger partial charge in [0, 0.05) is 18.2 Å². The minimum absolute atomic E-state index is 0.0110. The van der Waals surface area contributed by atoms with Gasteiger partial charge < -0.3 is 14.6 Å². The molecule has 0 aliphatic heterocycles. The molecule has 0 fully saturated rings. The summed E-state index contributed by atoms with van der Waals surface area (Å²) in [5, 5.41) is 20.6. The normalized spacial score (nSPS) is 11.6. The van der Waals surface area contributed by atoms with Gasteiger partial charge in [0.1, 0.15) is 23.2 Å². The van der Waals surface area contributed by atoms with Crippen LogP contribution in [-0.4, -0.2) is 23.1 Å². The zero-order valence-corrected chi connectivity index (χ0v) is 12.6. The predicted molar refractivity (Wildman–Crippen MR) is 81.6 cm³/mol. The molecule has 0 amide bonds. The van der Waals surface area contributed by atoms with E-state index in [9.17, 15) is 20.0 Å². The van der Waals surface area contributed by atoms with Crippen molar-refractivity contribution in [2.45, 2.75) is 13.0 Å². The Kier molecular flexibility index (Phi) is 4.80. The fourth-order valence-corrected chi connectivity index (χ4v) is 1.99. The number of nitro groups is 1. The van der Waals surface area contributed by atoms with E-state index in [0.717, 1.165) is 0 Å². The van der Waals surface area contributed by atoms with E-state index in [1.807, 2.05) is 0 Å². The molecule has 120 valence electrons. The third-order valence-corrected chi connectivity index (χ3v) is 3.26. The summed E-state index contributed by atoms with van der Waals surface area (Å²) < 4.78 is 10.2. The van der Waals surface area contributed by atoms with E-state index >= 15 is 0 Å². The molecule has 2 aromatic rings. The number of hydrogen-bond acceptors (Lipinski definition) is 6. The minimum atomic E-state index is -0.732. The van der Waals surface area contributed by atoms with Crippen molar-refractivity contribution in [3.8, 4) is 11.5 Å². The zero-order chi connectivity index (χ0) is 17.0. The molecule has 2 rings (SSSR count). The molecule has 0 aliphatic rings. The van der Waals surface area contributed by atoms with Crippen LogP contribution < -0.4 is 4.74 Å². The van der Waals surface area contributed by atoms with Gasteiger partial charge in [0.05, 0.1) is 12.0 Å². The van der Waals surface area contributed by atoms with E-state index in [0.29, 0.717) is 11.3 Å². The quantitative estimate of drug-likeness (QED) is 0.516. The van der Waals surface area contributed by atoms with Crippen LogP contribution in [0.1, 0.15) is 28.9 Å². The highest BCUT2D eigenvalue weighted by atomic mass is 16.6. The maximum absolute atomic E-state index is 12.1. The molecule has 1 N–H and O–H groups in total. The highest BCUT2D eigenvalue weighted by molar-refractivity contribution is 5.92. The Morgan fingerprint density at radius 2 is 2.00 bits per heavy atom. The first kappa shape index (κ1) is 16.3. The summed E-state index contributed by atoms with van der Waals surface area (Å²) in [6, 6.07) is 10.0. The number of non-ortho nitro benzene ring substituents is 1. The fourth-order valence-electron chi connectivity index (χ4n) is 1.99. The molecule has 7 heteroatoms. The molecule has 0 radical (unpaired) electrons. The topological polar surface area (TPSA) is 98.9 Å². The molecule has 0 spiro atoms. The van der Waals surface area contributed by atoms with Crippen LogP contribution in [0.3, 0.4) is 0 Å². The number of rotatable bonds is 5. The molecule has 0 heterocycles. The monoisotopic (exact) mass is 317 g/mol. The molecule has 0 aromatic heterocycles. The number of benzene rings is 2. The summed E-state index contributed by atoms with van der Waals surface area (Å²) in [6.07, 6.45) is -0.705. The van der Waals surface area contributed by atoms with Crippen LogP contribution in [0.2, 0.25) is 0 Å². The molecule has 0 unspecified atom stereocenters. The average Bonchev–Trinajstić information content (AvgIpc) is 2.54. The standard InChI is InChI=1S/C16H15NO6/c1-10(11-4-3-5-12(8-11)17(20)21)23-16(19)14-7-6-13(22-2)9-15(14)18/h3-10,18H,1-2H3/t10-/m1/s1. The number of hydrogen-bond donors (Lipinski definition) is 1. The van der Waals surface area contributed by atoms with Gasteiger partial charge in [0.2, 0.25) is 0 Å². The van der Waals surface area contributed by atoms with E-state index in [1.165, 1.54) is 43.5 Å². The molecule has 7 nitrogen and oxygen atoms in total. The number of aromatic hydroxyl groups is 1. The highest BCUT2D eigenvalue weighted by Crippen LogP contribution is 2.27. The van der Waals surface area contributed by atoms with Crippen LogP contribution in [0.5, 0.6) is 11.5 Å². The highest BCUT2D eigenvalue weighted by Gasteiger charge is 2.19. The number of phenolic OH excluding ortho intramolecular Hbond substituents is 1. The number of ether oxygens (including phenoxy) is 2. The van der Waals surface area contributed by atoms with Crippen molar-refractivity contribution in [2.75, 3.05) is 7.11 Å². The second-order valence-electron chi connectivity index (χ2n) is 4.78. The molecule has 0 saturated heterocycles. The lowest BCUT2D eigenvalue weighted by molar-refractivity contribution is -0.385. The van der Waals surface area contributed by atoms with Crippen LogP contribution >= 0.6 is 0 Å². The number of nitro benzene ring substituents is 1. The van der Waals surface area contributed by atoms with Crippen LogP contribution in [0.15, 0.2) is 42.5 Å². The lowest BCUT2D eigenvalue weighted by Crippen LogP contribution is -2.09. The number of methoxy groups -OCH3 is 1. The van der Waals surface area contributed by atoms with Crippen LogP contribution in [-0.2, 0) is 4.74 Å². The molecule has 0 saturated carbocycles. The Labute approximate surface area is 132 Å². The van der Waals surface area contributed by atoms with E-state index in [1.54, 1.807) is 13.0 Å². The first-order chi connectivity index (χ1) is 10.9. The van der Waals surface area contributed by atoms with Crippen molar-refractivity contribution in [3.05, 3.63) is 63.7 Å². The molecule has 23 heavy (non-hydrogen) atoms. The summed E-state index contributed by atoms with van der Waals surface area (Å²) in [5.74, 6) is -0.587. The SMILES string of the molecule is COc1ccc(C(=O)O[C@H](C)c2cccc([N+](=O)[O-])c2)c(O)c1. The number of phenols is 1. The summed E-state index contributed by atoms with van der Waals surface area (Å²) in [4.78, 5) is 22.4. The Hall–Kier alpha value is -3.09. The van der Waals surface area contributed by atoms with Gasteiger partial charge in [-0.2, -0.15) is 0 Å². The summed E-state index contributed by atoms with van der Waals surface area (Å²) in [6.45, 7) is 1.59. The van der Waals surface area contributed by atoms with Gasteiger partial charge in [0.25, 0.3) is 5.69 Å². The van der Waals surface area contributed by atoms with Gasteiger partial charge in [-0.15, -0.1) is 0 Å². The Bertz CT molecular complexity index is 743. The third-order valence-electron chi connectivity index (χ3n) is 3.26. The Morgan fingerprint density at radius 3 is 2.61 bits per heavy atom. The van der Waals surface area contributed by atoms with E-state index in [4.69, 9.17) is 9.47 Å². The molecule has 1 atom stereocenters. The Morgan fingerprint density at radius 1 is 1.26 bits per heavy atom. The van der Waals surface area contributed by atoms with Gasteiger partial charge in [-0.25, -0.2) is 4.79 Å². The number of carbonyl (C=O) groups is 1. The van der Waals surface area contributed by atoms with E-state index in [2.05, 4.69) is 0 Å². The van der Waals surface area contributed by atoms with Crippen LogP contribution in [0.4, 0.5) is 5.69 Å². The summed E-state index contributed by atoms with van der Waals surface area (Å²) in [5.41, 5.74) is 0.390. The van der Waals surface area contributed by atoms with Gasteiger partial charge in [0.15, 0.2) is 0 Å².